The SMILES string of the molecule is COC(=O)c1ccc(C(N)c2ccc(Cl)cc2)o1. The van der Waals surface area contributed by atoms with E-state index in [1.807, 2.05) is 12.1 Å². The molecule has 2 aromatic rings. The number of hydrogen-bond acceptors (Lipinski definition) is 4. The van der Waals surface area contributed by atoms with Gasteiger partial charge in [0.05, 0.1) is 13.2 Å². The van der Waals surface area contributed by atoms with Crippen molar-refractivity contribution >= 4 is 17.6 Å². The highest BCUT2D eigenvalue weighted by molar-refractivity contribution is 6.30. The molecule has 1 aromatic heterocycles. The molecule has 0 radical (unpaired) electrons. The van der Waals surface area contributed by atoms with Crippen LogP contribution >= 0.6 is 11.6 Å². The van der Waals surface area contributed by atoms with E-state index in [0.717, 1.165) is 5.56 Å². The number of ether oxygens (including phenoxy) is 1. The van der Waals surface area contributed by atoms with E-state index >= 15 is 0 Å². The van der Waals surface area contributed by atoms with Gasteiger partial charge in [0.2, 0.25) is 5.76 Å². The van der Waals surface area contributed by atoms with E-state index in [1.165, 1.54) is 13.2 Å². The van der Waals surface area contributed by atoms with Crippen LogP contribution in [0.5, 0.6) is 0 Å². The van der Waals surface area contributed by atoms with E-state index in [1.54, 1.807) is 18.2 Å². The smallest absolute Gasteiger partial charge is 0.373 e. The molecule has 2 rings (SSSR count). The molecule has 0 saturated carbocycles. The van der Waals surface area contributed by atoms with Crippen molar-refractivity contribution in [2.75, 3.05) is 7.11 Å². The summed E-state index contributed by atoms with van der Waals surface area (Å²) in [4.78, 5) is 11.3. The number of furan rings is 1. The van der Waals surface area contributed by atoms with E-state index in [4.69, 9.17) is 21.8 Å². The summed E-state index contributed by atoms with van der Waals surface area (Å²) in [5, 5.41) is 0.639. The second kappa shape index (κ2) is 5.25. The first-order valence-corrected chi connectivity index (χ1v) is 5.68. The molecule has 0 aliphatic heterocycles. The number of nitrogens with two attached hydrogens (primary N) is 1. The van der Waals surface area contributed by atoms with Gasteiger partial charge in [-0.15, -0.1) is 0 Å². The second-order valence-electron chi connectivity index (χ2n) is 3.72. The standard InChI is InChI=1S/C13H12ClNO3/c1-17-13(16)11-7-6-10(18-11)12(15)8-2-4-9(14)5-3-8/h2-7,12H,15H2,1H3. The zero-order valence-corrected chi connectivity index (χ0v) is 10.5. The first-order valence-electron chi connectivity index (χ1n) is 5.31. The molecule has 1 unspecified atom stereocenters. The van der Waals surface area contributed by atoms with Crippen LogP contribution in [0.4, 0.5) is 0 Å². The van der Waals surface area contributed by atoms with Crippen molar-refractivity contribution in [1.29, 1.82) is 0 Å². The summed E-state index contributed by atoms with van der Waals surface area (Å²) in [6.45, 7) is 0. The van der Waals surface area contributed by atoms with Gasteiger partial charge in [0, 0.05) is 5.02 Å². The Kier molecular flexibility index (Phi) is 3.69. The summed E-state index contributed by atoms with van der Waals surface area (Å²) < 4.78 is 9.91. The minimum atomic E-state index is -0.524. The third-order valence-electron chi connectivity index (χ3n) is 2.55. The highest BCUT2D eigenvalue weighted by Gasteiger charge is 2.16. The number of halogens is 1. The number of carbonyl (C=O) groups excluding carboxylic acids is 1. The fourth-order valence-corrected chi connectivity index (χ4v) is 1.69. The van der Waals surface area contributed by atoms with Crippen molar-refractivity contribution in [3.63, 3.8) is 0 Å². The molecule has 2 N–H and O–H groups in total. The molecule has 0 fully saturated rings. The van der Waals surface area contributed by atoms with Crippen LogP contribution in [0.15, 0.2) is 40.8 Å². The Hall–Kier alpha value is -1.78. The van der Waals surface area contributed by atoms with Crippen molar-refractivity contribution in [1.82, 2.24) is 0 Å². The van der Waals surface area contributed by atoms with Crippen molar-refractivity contribution in [2.45, 2.75) is 6.04 Å². The fraction of sp³-hybridized carbons (Fsp3) is 0.154. The highest BCUT2D eigenvalue weighted by atomic mass is 35.5. The number of carbonyl (C=O) groups is 1. The summed E-state index contributed by atoms with van der Waals surface area (Å²) >= 11 is 5.80. The summed E-state index contributed by atoms with van der Waals surface area (Å²) in [5.41, 5.74) is 6.88. The van der Waals surface area contributed by atoms with Gasteiger partial charge in [-0.05, 0) is 29.8 Å². The molecule has 5 heteroatoms. The lowest BCUT2D eigenvalue weighted by atomic mass is 10.1. The predicted octanol–water partition coefficient (Wildman–Crippen LogP) is 2.77. The first kappa shape index (κ1) is 12.7. The molecule has 0 amide bonds. The van der Waals surface area contributed by atoms with Crippen LogP contribution in [-0.4, -0.2) is 13.1 Å². The third kappa shape index (κ3) is 2.55. The molecule has 1 heterocycles. The highest BCUT2D eigenvalue weighted by Crippen LogP contribution is 2.23. The molecule has 0 saturated heterocycles. The van der Waals surface area contributed by atoms with Gasteiger partial charge >= 0.3 is 5.97 Å². The molecule has 0 spiro atoms. The van der Waals surface area contributed by atoms with E-state index in [0.29, 0.717) is 10.8 Å². The van der Waals surface area contributed by atoms with Crippen LogP contribution in [0.3, 0.4) is 0 Å². The average Bonchev–Trinajstić information content (AvgIpc) is 2.87. The zero-order valence-electron chi connectivity index (χ0n) is 9.72. The van der Waals surface area contributed by atoms with Crippen molar-refractivity contribution in [3.05, 3.63) is 58.5 Å². The Labute approximate surface area is 109 Å². The third-order valence-corrected chi connectivity index (χ3v) is 2.80. The molecule has 94 valence electrons. The Bertz CT molecular complexity index is 548. The Morgan fingerprint density at radius 2 is 1.94 bits per heavy atom. The van der Waals surface area contributed by atoms with Gasteiger partial charge in [0.15, 0.2) is 0 Å². The topological polar surface area (TPSA) is 65.5 Å². The van der Waals surface area contributed by atoms with Gasteiger partial charge < -0.3 is 14.9 Å². The van der Waals surface area contributed by atoms with Crippen LogP contribution < -0.4 is 5.73 Å². The number of rotatable bonds is 3. The number of hydrogen-bond donors (Lipinski definition) is 1. The largest absolute Gasteiger partial charge is 0.463 e. The van der Waals surface area contributed by atoms with Crippen molar-refractivity contribution in [2.24, 2.45) is 5.73 Å². The van der Waals surface area contributed by atoms with E-state index < -0.39 is 12.0 Å². The number of methoxy groups -OCH3 is 1. The molecule has 0 aliphatic carbocycles. The molecule has 1 aromatic carbocycles. The predicted molar refractivity (Wildman–Crippen MR) is 67.5 cm³/mol. The molecule has 1 atom stereocenters. The minimum absolute atomic E-state index is 0.136. The van der Waals surface area contributed by atoms with E-state index in [2.05, 4.69) is 4.74 Å². The molecule has 0 bridgehead atoms. The molecule has 18 heavy (non-hydrogen) atoms. The van der Waals surface area contributed by atoms with Crippen LogP contribution in [-0.2, 0) is 4.74 Å². The quantitative estimate of drug-likeness (QED) is 0.867. The Morgan fingerprint density at radius 1 is 1.28 bits per heavy atom. The van der Waals surface area contributed by atoms with Gasteiger partial charge in [-0.25, -0.2) is 4.79 Å². The minimum Gasteiger partial charge on any atom is -0.463 e. The van der Waals surface area contributed by atoms with Gasteiger partial charge in [0.25, 0.3) is 0 Å². The van der Waals surface area contributed by atoms with Crippen LogP contribution in [0.25, 0.3) is 0 Å². The van der Waals surface area contributed by atoms with Crippen molar-refractivity contribution < 1.29 is 13.9 Å². The van der Waals surface area contributed by atoms with Gasteiger partial charge in [-0.1, -0.05) is 23.7 Å². The normalized spacial score (nSPS) is 12.2. The monoisotopic (exact) mass is 265 g/mol. The van der Waals surface area contributed by atoms with E-state index in [-0.39, 0.29) is 5.76 Å². The summed E-state index contributed by atoms with van der Waals surface area (Å²) in [5.74, 6) is 0.110. The molecule has 4 nitrogen and oxygen atoms in total. The molecular formula is C13H12ClNO3. The van der Waals surface area contributed by atoms with Crippen molar-refractivity contribution in [3.8, 4) is 0 Å². The Balaban J connectivity index is 2.23. The maximum atomic E-state index is 11.3. The maximum absolute atomic E-state index is 11.3. The van der Waals surface area contributed by atoms with E-state index in [9.17, 15) is 4.79 Å². The summed E-state index contributed by atoms with van der Waals surface area (Å²) in [7, 11) is 1.30. The second-order valence-corrected chi connectivity index (χ2v) is 4.16. The maximum Gasteiger partial charge on any atom is 0.373 e. The van der Waals surface area contributed by atoms with Crippen LogP contribution in [0.2, 0.25) is 5.02 Å². The molecule has 0 aliphatic rings. The van der Waals surface area contributed by atoms with Crippen LogP contribution in [0.1, 0.15) is 27.9 Å². The number of esters is 1. The summed E-state index contributed by atoms with van der Waals surface area (Å²) in [6, 6.07) is 9.88. The lowest BCUT2D eigenvalue weighted by molar-refractivity contribution is 0.0562. The lowest BCUT2D eigenvalue weighted by Gasteiger charge is -2.08. The number of benzene rings is 1. The Morgan fingerprint density at radius 3 is 2.56 bits per heavy atom. The van der Waals surface area contributed by atoms with Gasteiger partial charge in [0.1, 0.15) is 5.76 Å². The zero-order chi connectivity index (χ0) is 13.1. The van der Waals surface area contributed by atoms with Crippen LogP contribution in [0, 0.1) is 0 Å². The average molecular weight is 266 g/mol. The molecular weight excluding hydrogens is 254 g/mol. The van der Waals surface area contributed by atoms with Gasteiger partial charge in [-0.3, -0.25) is 0 Å². The first-order chi connectivity index (χ1) is 8.61. The van der Waals surface area contributed by atoms with Gasteiger partial charge in [-0.2, -0.15) is 0 Å². The lowest BCUT2D eigenvalue weighted by Crippen LogP contribution is -2.10. The summed E-state index contributed by atoms with van der Waals surface area (Å²) in [6.07, 6.45) is 0. The fourth-order valence-electron chi connectivity index (χ4n) is 1.56.